The maximum atomic E-state index is 14.5. The quantitative estimate of drug-likeness (QED) is 0.447. The van der Waals surface area contributed by atoms with Gasteiger partial charge in [-0.2, -0.15) is 27.1 Å². The van der Waals surface area contributed by atoms with Crippen LogP contribution in [0.4, 0.5) is 22.0 Å². The Labute approximate surface area is 147 Å². The molecule has 0 spiro atoms. The zero-order valence-corrected chi connectivity index (χ0v) is 13.3. The van der Waals surface area contributed by atoms with Gasteiger partial charge in [0.05, 0.1) is 5.92 Å². The summed E-state index contributed by atoms with van der Waals surface area (Å²) in [6.45, 7) is -1.11. The van der Waals surface area contributed by atoms with E-state index >= 15 is 0 Å². The molecule has 1 fully saturated rings. The highest BCUT2D eigenvalue weighted by atomic mass is 19.4. The molecule has 1 aromatic heterocycles. The van der Waals surface area contributed by atoms with Gasteiger partial charge in [-0.15, -0.1) is 5.06 Å². The summed E-state index contributed by atoms with van der Waals surface area (Å²) in [5, 5.41) is 3.34. The lowest BCUT2D eigenvalue weighted by Gasteiger charge is -2.27. The average molecular weight is 391 g/mol. The molecule has 0 bridgehead atoms. The number of hydroxylamine groups is 2. The number of carbonyl (C=O) groups is 3. The molecule has 0 N–H and O–H groups in total. The van der Waals surface area contributed by atoms with E-state index in [1.165, 1.54) is 6.08 Å². The Hall–Kier alpha value is -2.79. The summed E-state index contributed by atoms with van der Waals surface area (Å²) in [6, 6.07) is 0. The molecule has 2 aliphatic carbocycles. The van der Waals surface area contributed by atoms with E-state index in [-0.39, 0.29) is 22.6 Å². The van der Waals surface area contributed by atoms with Crippen LogP contribution in [0.2, 0.25) is 0 Å². The Balaban J connectivity index is 1.67. The number of alkyl halides is 5. The second-order valence-electron chi connectivity index (χ2n) is 6.37. The van der Waals surface area contributed by atoms with Crippen molar-refractivity contribution in [1.29, 1.82) is 0 Å². The third-order valence-electron chi connectivity index (χ3n) is 4.72. The molecule has 0 unspecified atom stereocenters. The predicted molar refractivity (Wildman–Crippen MR) is 73.7 cm³/mol. The van der Waals surface area contributed by atoms with Crippen LogP contribution < -0.4 is 0 Å². The molecule has 1 saturated heterocycles. The van der Waals surface area contributed by atoms with Gasteiger partial charge in [0.15, 0.2) is 5.69 Å². The van der Waals surface area contributed by atoms with Crippen molar-refractivity contribution in [3.63, 3.8) is 0 Å². The molecule has 1 aromatic rings. The van der Waals surface area contributed by atoms with Crippen LogP contribution >= 0.6 is 0 Å². The van der Waals surface area contributed by atoms with Crippen molar-refractivity contribution in [2.75, 3.05) is 0 Å². The van der Waals surface area contributed by atoms with E-state index in [0.717, 1.165) is 6.08 Å². The van der Waals surface area contributed by atoms with Crippen LogP contribution in [0.3, 0.4) is 0 Å². The normalized spacial score (nSPS) is 25.4. The molecular weight excluding hydrogens is 381 g/mol. The molecule has 0 aromatic carbocycles. The SMILES string of the molecule is O=C(Cn1nc(C(F)(F)F)c2c1C(F)(F)[C@@H]1C=C[C@H]21)ON1C(=O)CCC1=O. The van der Waals surface area contributed by atoms with Gasteiger partial charge in [-0.05, 0) is 0 Å². The highest BCUT2D eigenvalue weighted by Crippen LogP contribution is 2.60. The van der Waals surface area contributed by atoms with Gasteiger partial charge in [0.1, 0.15) is 12.2 Å². The molecular formula is C15H10F5N3O4. The van der Waals surface area contributed by atoms with Gasteiger partial charge in [-0.25, -0.2) is 4.79 Å². The van der Waals surface area contributed by atoms with Gasteiger partial charge >= 0.3 is 12.1 Å². The summed E-state index contributed by atoms with van der Waals surface area (Å²) in [5.41, 5.74) is -3.16. The summed E-state index contributed by atoms with van der Waals surface area (Å²) >= 11 is 0. The first-order valence-corrected chi connectivity index (χ1v) is 7.83. The van der Waals surface area contributed by atoms with Crippen LogP contribution in [0.15, 0.2) is 12.2 Å². The second kappa shape index (κ2) is 5.36. The molecule has 2 atom stereocenters. The largest absolute Gasteiger partial charge is 0.435 e. The Bertz CT molecular complexity index is 888. The summed E-state index contributed by atoms with van der Waals surface area (Å²) in [5.74, 6) is -9.19. The number of nitrogens with zero attached hydrogens (tertiary/aromatic N) is 3. The van der Waals surface area contributed by atoms with Crippen molar-refractivity contribution in [3.05, 3.63) is 29.1 Å². The monoisotopic (exact) mass is 391 g/mol. The minimum absolute atomic E-state index is 0.181. The Morgan fingerprint density at radius 1 is 1.22 bits per heavy atom. The first kappa shape index (κ1) is 17.6. The zero-order valence-electron chi connectivity index (χ0n) is 13.3. The number of carbonyl (C=O) groups excluding carboxylic acids is 3. The fourth-order valence-corrected chi connectivity index (χ4v) is 3.49. The maximum Gasteiger partial charge on any atom is 0.435 e. The van der Waals surface area contributed by atoms with E-state index in [2.05, 4.69) is 9.94 Å². The minimum Gasteiger partial charge on any atom is -0.328 e. The topological polar surface area (TPSA) is 81.5 Å². The first-order valence-electron chi connectivity index (χ1n) is 7.83. The van der Waals surface area contributed by atoms with Gasteiger partial charge < -0.3 is 4.84 Å². The lowest BCUT2D eigenvalue weighted by Crippen LogP contribution is -2.34. The van der Waals surface area contributed by atoms with Crippen LogP contribution in [-0.2, 0) is 37.9 Å². The van der Waals surface area contributed by atoms with Crippen molar-refractivity contribution in [2.24, 2.45) is 5.92 Å². The fourth-order valence-electron chi connectivity index (χ4n) is 3.49. The highest BCUT2D eigenvalue weighted by Gasteiger charge is 2.61. The second-order valence-corrected chi connectivity index (χ2v) is 6.37. The van der Waals surface area contributed by atoms with Crippen molar-refractivity contribution in [2.45, 2.75) is 37.4 Å². The van der Waals surface area contributed by atoms with Crippen LogP contribution in [0.5, 0.6) is 0 Å². The number of halogens is 5. The number of imide groups is 1. The van der Waals surface area contributed by atoms with Crippen LogP contribution in [-0.4, -0.2) is 32.6 Å². The van der Waals surface area contributed by atoms with Crippen LogP contribution in [0.25, 0.3) is 0 Å². The van der Waals surface area contributed by atoms with E-state index in [1.54, 1.807) is 0 Å². The lowest BCUT2D eigenvalue weighted by atomic mass is 9.81. The molecule has 7 nitrogen and oxygen atoms in total. The molecule has 12 heteroatoms. The number of fused-ring (bicyclic) bond motifs is 3. The molecule has 2 amide bonds. The number of hydrogen-bond acceptors (Lipinski definition) is 5. The van der Waals surface area contributed by atoms with E-state index < -0.39 is 65.2 Å². The predicted octanol–water partition coefficient (Wildman–Crippen LogP) is 1.88. The Morgan fingerprint density at radius 3 is 2.37 bits per heavy atom. The third-order valence-corrected chi connectivity index (χ3v) is 4.72. The van der Waals surface area contributed by atoms with Gasteiger partial charge in [0.2, 0.25) is 0 Å². The molecule has 3 aliphatic rings. The van der Waals surface area contributed by atoms with Gasteiger partial charge in [-0.3, -0.25) is 14.3 Å². The fraction of sp³-hybridized carbons (Fsp3) is 0.467. The van der Waals surface area contributed by atoms with Crippen LogP contribution in [0, 0.1) is 5.92 Å². The van der Waals surface area contributed by atoms with Gasteiger partial charge in [-0.1, -0.05) is 12.2 Å². The van der Waals surface area contributed by atoms with E-state index in [1.807, 2.05) is 0 Å². The molecule has 0 radical (unpaired) electrons. The van der Waals surface area contributed by atoms with Crippen molar-refractivity contribution < 1.29 is 41.2 Å². The highest BCUT2D eigenvalue weighted by molar-refractivity contribution is 6.01. The summed E-state index contributed by atoms with van der Waals surface area (Å²) in [6.07, 6.45) is -3.03. The lowest BCUT2D eigenvalue weighted by molar-refractivity contribution is -0.198. The van der Waals surface area contributed by atoms with E-state index in [0.29, 0.717) is 0 Å². The maximum absolute atomic E-state index is 14.5. The third kappa shape index (κ3) is 2.46. The average Bonchev–Trinajstić information content (AvgIpc) is 3.05. The molecule has 2 heterocycles. The van der Waals surface area contributed by atoms with E-state index in [9.17, 15) is 36.3 Å². The van der Waals surface area contributed by atoms with Crippen molar-refractivity contribution in [3.8, 4) is 0 Å². The van der Waals surface area contributed by atoms with Gasteiger partial charge in [0, 0.05) is 24.3 Å². The Kier molecular flexibility index (Phi) is 3.50. The smallest absolute Gasteiger partial charge is 0.328 e. The Morgan fingerprint density at radius 2 is 1.85 bits per heavy atom. The number of allylic oxidation sites excluding steroid dienone is 2. The summed E-state index contributed by atoms with van der Waals surface area (Å²) in [4.78, 5) is 39.3. The molecule has 0 saturated carbocycles. The zero-order chi connectivity index (χ0) is 19.7. The standard InChI is InChI=1S/C15H10F5N3O4/c16-14(17)7-2-1-6(7)11-12(15(18,19)20)21-22(13(11)14)5-10(26)27-23-8(24)3-4-9(23)25/h1-2,6-7H,3-5H2/t6-,7+/m0/s1. The number of rotatable bonds is 3. The molecule has 27 heavy (non-hydrogen) atoms. The number of amides is 2. The summed E-state index contributed by atoms with van der Waals surface area (Å²) in [7, 11) is 0. The van der Waals surface area contributed by atoms with Gasteiger partial charge in [0.25, 0.3) is 17.7 Å². The molecule has 144 valence electrons. The number of hydrogen-bond donors (Lipinski definition) is 0. The van der Waals surface area contributed by atoms with Crippen LogP contribution in [0.1, 0.15) is 35.7 Å². The molecule has 4 rings (SSSR count). The summed E-state index contributed by atoms with van der Waals surface area (Å²) < 4.78 is 69.0. The molecule has 1 aliphatic heterocycles. The first-order chi connectivity index (χ1) is 12.5. The number of aromatic nitrogens is 2. The minimum atomic E-state index is -4.99. The van der Waals surface area contributed by atoms with Crippen molar-refractivity contribution >= 4 is 17.8 Å². The van der Waals surface area contributed by atoms with E-state index in [4.69, 9.17) is 0 Å². The van der Waals surface area contributed by atoms with Crippen molar-refractivity contribution in [1.82, 2.24) is 14.8 Å².